The van der Waals surface area contributed by atoms with Crippen molar-refractivity contribution < 1.29 is 0 Å². The van der Waals surface area contributed by atoms with Gasteiger partial charge in [-0.2, -0.15) is 0 Å². The van der Waals surface area contributed by atoms with Gasteiger partial charge in [0.05, 0.1) is 12.4 Å². The van der Waals surface area contributed by atoms with E-state index in [1.165, 1.54) is 19.3 Å². The summed E-state index contributed by atoms with van der Waals surface area (Å²) < 4.78 is 0. The van der Waals surface area contributed by atoms with Gasteiger partial charge in [-0.1, -0.05) is 19.1 Å². The summed E-state index contributed by atoms with van der Waals surface area (Å²) in [7, 11) is 0. The lowest BCUT2D eigenvalue weighted by molar-refractivity contribution is 0.446. The quantitative estimate of drug-likeness (QED) is 0.830. The van der Waals surface area contributed by atoms with Gasteiger partial charge in [-0.15, -0.1) is 0 Å². The summed E-state index contributed by atoms with van der Waals surface area (Å²) in [5, 5.41) is 0. The molecular weight excluding hydrogens is 232 g/mol. The van der Waals surface area contributed by atoms with Crippen LogP contribution in [0.3, 0.4) is 0 Å². The molecule has 2 rings (SSSR count). The van der Waals surface area contributed by atoms with E-state index in [-0.39, 0.29) is 0 Å². The number of nitrogens with two attached hydrogens (primary N) is 1. The van der Waals surface area contributed by atoms with Gasteiger partial charge in [0.1, 0.15) is 16.5 Å². The van der Waals surface area contributed by atoms with E-state index in [4.69, 9.17) is 18.0 Å². The molecule has 0 spiro atoms. The SMILES string of the molecule is CCC1CCCCN1c1cnc(C(N)=S)cn1. The van der Waals surface area contributed by atoms with Crippen molar-refractivity contribution in [1.29, 1.82) is 0 Å². The summed E-state index contributed by atoms with van der Waals surface area (Å²) in [4.78, 5) is 11.3. The first kappa shape index (κ1) is 12.2. The third-order valence-corrected chi connectivity index (χ3v) is 3.49. The first-order valence-electron chi connectivity index (χ1n) is 6.11. The monoisotopic (exact) mass is 250 g/mol. The Hall–Kier alpha value is -1.23. The number of piperidine rings is 1. The molecular formula is C12H18N4S. The molecule has 17 heavy (non-hydrogen) atoms. The average Bonchev–Trinajstić information content (AvgIpc) is 2.39. The predicted octanol–water partition coefficient (Wildman–Crippen LogP) is 1.88. The van der Waals surface area contributed by atoms with Gasteiger partial charge in [0.15, 0.2) is 0 Å². The summed E-state index contributed by atoms with van der Waals surface area (Å²) in [5.74, 6) is 0.941. The third-order valence-electron chi connectivity index (χ3n) is 3.28. The van der Waals surface area contributed by atoms with Crippen molar-refractivity contribution in [2.45, 2.75) is 38.6 Å². The summed E-state index contributed by atoms with van der Waals surface area (Å²) in [6.45, 7) is 3.29. The number of nitrogens with zero attached hydrogens (tertiary/aromatic N) is 3. The first-order valence-corrected chi connectivity index (χ1v) is 6.51. The van der Waals surface area contributed by atoms with Gasteiger partial charge < -0.3 is 10.6 Å². The highest BCUT2D eigenvalue weighted by Gasteiger charge is 2.22. The number of hydrogen-bond donors (Lipinski definition) is 1. The van der Waals surface area contributed by atoms with E-state index < -0.39 is 0 Å². The summed E-state index contributed by atoms with van der Waals surface area (Å²) in [6, 6.07) is 0.591. The second-order valence-electron chi connectivity index (χ2n) is 4.38. The Labute approximate surface area is 107 Å². The highest BCUT2D eigenvalue weighted by Crippen LogP contribution is 2.24. The fraction of sp³-hybridized carbons (Fsp3) is 0.583. The van der Waals surface area contributed by atoms with Crippen molar-refractivity contribution in [3.63, 3.8) is 0 Å². The minimum atomic E-state index is 0.301. The molecule has 2 heterocycles. The van der Waals surface area contributed by atoms with Crippen molar-refractivity contribution in [2.75, 3.05) is 11.4 Å². The van der Waals surface area contributed by atoms with Crippen LogP contribution in [0.15, 0.2) is 12.4 Å². The van der Waals surface area contributed by atoms with Crippen LogP contribution in [0.1, 0.15) is 38.3 Å². The predicted molar refractivity (Wildman–Crippen MR) is 73.2 cm³/mol. The number of hydrogen-bond acceptors (Lipinski definition) is 4. The molecule has 0 bridgehead atoms. The van der Waals surface area contributed by atoms with Gasteiger partial charge in [-0.25, -0.2) is 9.97 Å². The molecule has 1 aromatic rings. The van der Waals surface area contributed by atoms with E-state index in [2.05, 4.69) is 21.8 Å². The maximum absolute atomic E-state index is 5.51. The summed E-state index contributed by atoms with van der Waals surface area (Å²) in [5.41, 5.74) is 6.10. The van der Waals surface area contributed by atoms with Crippen molar-refractivity contribution >= 4 is 23.0 Å². The Morgan fingerprint density at radius 1 is 1.47 bits per heavy atom. The molecule has 1 saturated heterocycles. The molecule has 1 fully saturated rings. The van der Waals surface area contributed by atoms with Crippen LogP contribution in [0.2, 0.25) is 0 Å². The molecule has 1 aliphatic heterocycles. The van der Waals surface area contributed by atoms with E-state index >= 15 is 0 Å². The van der Waals surface area contributed by atoms with Gasteiger partial charge in [0, 0.05) is 12.6 Å². The summed E-state index contributed by atoms with van der Waals surface area (Å²) >= 11 is 4.87. The van der Waals surface area contributed by atoms with Crippen molar-refractivity contribution in [3.05, 3.63) is 18.1 Å². The van der Waals surface area contributed by atoms with Crippen LogP contribution in [-0.4, -0.2) is 27.5 Å². The lowest BCUT2D eigenvalue weighted by Crippen LogP contribution is -2.39. The Morgan fingerprint density at radius 2 is 2.29 bits per heavy atom. The highest BCUT2D eigenvalue weighted by molar-refractivity contribution is 7.80. The zero-order valence-corrected chi connectivity index (χ0v) is 10.9. The standard InChI is InChI=1S/C12H18N4S/c1-2-9-5-3-4-6-16(9)11-8-14-10(7-15-11)12(13)17/h7-9H,2-6H2,1H3,(H2,13,17). The first-order chi connectivity index (χ1) is 8.22. The molecule has 0 aromatic carbocycles. The van der Waals surface area contributed by atoms with E-state index in [1.807, 2.05) is 0 Å². The molecule has 5 heteroatoms. The Kier molecular flexibility index (Phi) is 3.89. The Bertz CT molecular complexity index is 390. The topological polar surface area (TPSA) is 55.0 Å². The molecule has 1 aromatic heterocycles. The molecule has 1 aliphatic rings. The van der Waals surface area contributed by atoms with Crippen LogP contribution < -0.4 is 10.6 Å². The van der Waals surface area contributed by atoms with Gasteiger partial charge in [-0.3, -0.25) is 0 Å². The maximum Gasteiger partial charge on any atom is 0.147 e. The number of rotatable bonds is 3. The second kappa shape index (κ2) is 5.40. The van der Waals surface area contributed by atoms with Gasteiger partial charge >= 0.3 is 0 Å². The van der Waals surface area contributed by atoms with Crippen molar-refractivity contribution in [3.8, 4) is 0 Å². The number of aromatic nitrogens is 2. The zero-order valence-electron chi connectivity index (χ0n) is 10.1. The molecule has 0 amide bonds. The Balaban J connectivity index is 2.17. The number of thiocarbonyl (C=S) groups is 1. The lowest BCUT2D eigenvalue weighted by Gasteiger charge is -2.35. The van der Waals surface area contributed by atoms with Gasteiger partial charge in [0.2, 0.25) is 0 Å². The molecule has 2 N–H and O–H groups in total. The van der Waals surface area contributed by atoms with Gasteiger partial charge in [-0.05, 0) is 25.7 Å². The van der Waals surface area contributed by atoms with Crippen LogP contribution >= 0.6 is 12.2 Å². The smallest absolute Gasteiger partial charge is 0.147 e. The summed E-state index contributed by atoms with van der Waals surface area (Å²) in [6.07, 6.45) is 8.39. The van der Waals surface area contributed by atoms with Crippen molar-refractivity contribution in [1.82, 2.24) is 9.97 Å². The van der Waals surface area contributed by atoms with Crippen LogP contribution in [0.4, 0.5) is 5.82 Å². The molecule has 0 saturated carbocycles. The lowest BCUT2D eigenvalue weighted by atomic mass is 10.0. The third kappa shape index (κ3) is 2.72. The van der Waals surface area contributed by atoms with E-state index in [0.717, 1.165) is 18.8 Å². The fourth-order valence-corrected chi connectivity index (χ4v) is 2.43. The molecule has 1 unspecified atom stereocenters. The normalized spacial score (nSPS) is 20.3. The highest BCUT2D eigenvalue weighted by atomic mass is 32.1. The van der Waals surface area contributed by atoms with Crippen LogP contribution in [0, 0.1) is 0 Å². The molecule has 0 radical (unpaired) electrons. The number of anilines is 1. The largest absolute Gasteiger partial charge is 0.388 e. The van der Waals surface area contributed by atoms with Crippen LogP contribution in [0.5, 0.6) is 0 Å². The van der Waals surface area contributed by atoms with Crippen LogP contribution in [-0.2, 0) is 0 Å². The molecule has 92 valence electrons. The maximum atomic E-state index is 5.51. The van der Waals surface area contributed by atoms with E-state index in [0.29, 0.717) is 16.7 Å². The van der Waals surface area contributed by atoms with E-state index in [9.17, 15) is 0 Å². The van der Waals surface area contributed by atoms with Crippen LogP contribution in [0.25, 0.3) is 0 Å². The minimum absolute atomic E-state index is 0.301. The van der Waals surface area contributed by atoms with E-state index in [1.54, 1.807) is 12.4 Å². The van der Waals surface area contributed by atoms with Crippen molar-refractivity contribution in [2.24, 2.45) is 5.73 Å². The zero-order chi connectivity index (χ0) is 12.3. The fourth-order valence-electron chi connectivity index (χ4n) is 2.32. The Morgan fingerprint density at radius 3 is 2.88 bits per heavy atom. The molecule has 4 nitrogen and oxygen atoms in total. The average molecular weight is 250 g/mol. The molecule has 1 atom stereocenters. The molecule has 0 aliphatic carbocycles. The second-order valence-corrected chi connectivity index (χ2v) is 4.82. The minimum Gasteiger partial charge on any atom is -0.388 e. The van der Waals surface area contributed by atoms with Gasteiger partial charge in [0.25, 0.3) is 0 Å².